The number of carbonyl (C=O) groups is 1. The van der Waals surface area contributed by atoms with E-state index in [1.807, 2.05) is 66.7 Å². The Morgan fingerprint density at radius 1 is 1.07 bits per heavy atom. The second kappa shape index (κ2) is 6.77. The molecule has 1 aliphatic carbocycles. The molecule has 0 saturated carbocycles. The fraction of sp³-hybridized carbons (Fsp3) is 0.217. The molecular weight excluding hydrogens is 354 g/mol. The van der Waals surface area contributed by atoms with E-state index in [1.165, 1.54) is 0 Å². The molecule has 28 heavy (non-hydrogen) atoms. The monoisotopic (exact) mass is 373 g/mol. The topological polar surface area (TPSA) is 61.6 Å². The van der Waals surface area contributed by atoms with E-state index in [4.69, 9.17) is 13.9 Å². The van der Waals surface area contributed by atoms with Crippen molar-refractivity contribution < 1.29 is 18.7 Å². The molecule has 5 nitrogen and oxygen atoms in total. The quantitative estimate of drug-likeness (QED) is 0.635. The van der Waals surface area contributed by atoms with Gasteiger partial charge in [-0.15, -0.1) is 0 Å². The van der Waals surface area contributed by atoms with Crippen molar-refractivity contribution in [3.05, 3.63) is 96.2 Å². The minimum Gasteiger partial charge on any atom is -0.465 e. The third kappa shape index (κ3) is 2.67. The number of ether oxygens (including phenoxy) is 2. The normalized spacial score (nSPS) is 26.0. The minimum absolute atomic E-state index is 0.323. The summed E-state index contributed by atoms with van der Waals surface area (Å²) in [5, 5.41) is 0. The Labute approximate surface area is 162 Å². The average Bonchev–Trinajstić information content (AvgIpc) is 3.28. The Morgan fingerprint density at radius 2 is 1.93 bits per heavy atom. The number of pyridine rings is 1. The van der Waals surface area contributed by atoms with Crippen molar-refractivity contribution in [3.63, 3.8) is 0 Å². The van der Waals surface area contributed by atoms with Gasteiger partial charge in [0.1, 0.15) is 11.9 Å². The summed E-state index contributed by atoms with van der Waals surface area (Å²) in [4.78, 5) is 17.6. The number of hydrogen-bond donors (Lipinski definition) is 0. The summed E-state index contributed by atoms with van der Waals surface area (Å²) in [6, 6.07) is 19.2. The van der Waals surface area contributed by atoms with E-state index in [2.05, 4.69) is 4.98 Å². The van der Waals surface area contributed by atoms with Crippen LogP contribution in [0.2, 0.25) is 0 Å². The summed E-state index contributed by atoms with van der Waals surface area (Å²) < 4.78 is 17.6. The number of benzene rings is 1. The van der Waals surface area contributed by atoms with Gasteiger partial charge in [0.25, 0.3) is 0 Å². The lowest BCUT2D eigenvalue weighted by molar-refractivity contribution is -0.173. The number of rotatable bonds is 5. The van der Waals surface area contributed by atoms with Crippen LogP contribution in [0.3, 0.4) is 0 Å². The van der Waals surface area contributed by atoms with Crippen molar-refractivity contribution in [3.8, 4) is 0 Å². The minimum atomic E-state index is -1.09. The maximum absolute atomic E-state index is 13.1. The molecule has 3 aromatic rings. The highest BCUT2D eigenvalue weighted by molar-refractivity contribution is 5.94. The van der Waals surface area contributed by atoms with Crippen molar-refractivity contribution in [2.24, 2.45) is 0 Å². The molecule has 2 aromatic heterocycles. The molecule has 3 atom stereocenters. The van der Waals surface area contributed by atoms with Crippen LogP contribution in [0.25, 0.3) is 5.57 Å². The van der Waals surface area contributed by atoms with Crippen molar-refractivity contribution >= 4 is 11.5 Å². The second-order valence-electron chi connectivity index (χ2n) is 7.08. The number of furan rings is 1. The van der Waals surface area contributed by atoms with E-state index in [0.29, 0.717) is 24.5 Å². The van der Waals surface area contributed by atoms with Crippen LogP contribution in [0.1, 0.15) is 23.4 Å². The molecule has 3 unspecified atom stereocenters. The van der Waals surface area contributed by atoms with Gasteiger partial charge < -0.3 is 13.9 Å². The van der Waals surface area contributed by atoms with Crippen LogP contribution in [0.5, 0.6) is 0 Å². The maximum Gasteiger partial charge on any atom is 0.325 e. The Bertz CT molecular complexity index is 998. The molecule has 4 heterocycles. The SMILES string of the molecule is O=C1OC2CC(OCc3ccccc3)C1(c1ccccn1)C=C2c1ccco1. The highest BCUT2D eigenvalue weighted by Crippen LogP contribution is 2.48. The van der Waals surface area contributed by atoms with Gasteiger partial charge in [-0.3, -0.25) is 9.78 Å². The fourth-order valence-corrected chi connectivity index (χ4v) is 4.06. The van der Waals surface area contributed by atoms with E-state index in [1.54, 1.807) is 12.5 Å². The average molecular weight is 373 g/mol. The standard InChI is InChI=1S/C23H19NO4/c25-22-23(20-10-4-5-11-24-20)14-17(18-9-6-12-26-18)19(28-22)13-21(23)27-15-16-7-2-1-3-8-16/h1-12,14,19,21H,13,15H2. The highest BCUT2D eigenvalue weighted by atomic mass is 16.6. The number of hydrogen-bond acceptors (Lipinski definition) is 5. The van der Waals surface area contributed by atoms with Gasteiger partial charge in [-0.1, -0.05) is 36.4 Å². The molecule has 0 amide bonds. The van der Waals surface area contributed by atoms with Crippen LogP contribution < -0.4 is 0 Å². The van der Waals surface area contributed by atoms with Crippen LogP contribution in [-0.2, 0) is 26.3 Å². The van der Waals surface area contributed by atoms with Crippen LogP contribution in [-0.4, -0.2) is 23.2 Å². The van der Waals surface area contributed by atoms with Gasteiger partial charge in [-0.05, 0) is 35.9 Å². The zero-order chi connectivity index (χ0) is 19.0. The zero-order valence-corrected chi connectivity index (χ0v) is 15.2. The molecule has 0 radical (unpaired) electrons. The summed E-state index contributed by atoms with van der Waals surface area (Å²) in [5.74, 6) is 0.384. The first-order chi connectivity index (χ1) is 13.8. The van der Waals surface area contributed by atoms with E-state index < -0.39 is 5.41 Å². The lowest BCUT2D eigenvalue weighted by Crippen LogP contribution is -2.58. The summed E-state index contributed by atoms with van der Waals surface area (Å²) in [6.07, 6.45) is 5.05. The molecular formula is C23H19NO4. The van der Waals surface area contributed by atoms with Gasteiger partial charge in [-0.2, -0.15) is 0 Å². The molecule has 2 aliphatic heterocycles. The first-order valence-corrected chi connectivity index (χ1v) is 9.32. The van der Waals surface area contributed by atoms with E-state index >= 15 is 0 Å². The number of nitrogens with zero attached hydrogens (tertiary/aromatic N) is 1. The largest absolute Gasteiger partial charge is 0.465 e. The summed E-state index contributed by atoms with van der Waals surface area (Å²) in [5.41, 5.74) is 1.46. The van der Waals surface area contributed by atoms with Crippen molar-refractivity contribution in [1.29, 1.82) is 0 Å². The Balaban J connectivity index is 1.57. The molecule has 1 saturated heterocycles. The van der Waals surface area contributed by atoms with Gasteiger partial charge >= 0.3 is 5.97 Å². The van der Waals surface area contributed by atoms with E-state index in [-0.39, 0.29) is 18.2 Å². The molecule has 5 heteroatoms. The molecule has 140 valence electrons. The fourth-order valence-electron chi connectivity index (χ4n) is 4.06. The molecule has 3 aliphatic rings. The third-order valence-corrected chi connectivity index (χ3v) is 5.44. The summed E-state index contributed by atoms with van der Waals surface area (Å²) in [6.45, 7) is 0.421. The Morgan fingerprint density at radius 3 is 2.68 bits per heavy atom. The van der Waals surface area contributed by atoms with Gasteiger partial charge in [-0.25, -0.2) is 0 Å². The van der Waals surface area contributed by atoms with E-state index in [0.717, 1.165) is 11.1 Å². The Hall–Kier alpha value is -3.18. The molecule has 0 N–H and O–H groups in total. The van der Waals surface area contributed by atoms with Crippen molar-refractivity contribution in [2.45, 2.75) is 30.7 Å². The molecule has 0 spiro atoms. The summed E-state index contributed by atoms with van der Waals surface area (Å²) >= 11 is 0. The van der Waals surface area contributed by atoms with Gasteiger partial charge in [0, 0.05) is 18.2 Å². The molecule has 1 fully saturated rings. The van der Waals surface area contributed by atoms with Gasteiger partial charge in [0.05, 0.1) is 24.7 Å². The number of fused-ring (bicyclic) bond motifs is 2. The maximum atomic E-state index is 13.1. The molecule has 2 bridgehead atoms. The molecule has 1 aromatic carbocycles. The summed E-state index contributed by atoms with van der Waals surface area (Å²) in [7, 11) is 0. The second-order valence-corrected chi connectivity index (χ2v) is 7.08. The van der Waals surface area contributed by atoms with Crippen molar-refractivity contribution in [2.75, 3.05) is 0 Å². The van der Waals surface area contributed by atoms with Gasteiger partial charge in [0.15, 0.2) is 5.41 Å². The van der Waals surface area contributed by atoms with Crippen LogP contribution in [0.4, 0.5) is 0 Å². The first-order valence-electron chi connectivity index (χ1n) is 9.32. The number of carbonyl (C=O) groups excluding carboxylic acids is 1. The lowest BCUT2D eigenvalue weighted by atomic mass is 9.67. The lowest BCUT2D eigenvalue weighted by Gasteiger charge is -2.47. The highest BCUT2D eigenvalue weighted by Gasteiger charge is 2.58. The van der Waals surface area contributed by atoms with Gasteiger partial charge in [0.2, 0.25) is 0 Å². The predicted molar refractivity (Wildman–Crippen MR) is 102 cm³/mol. The Kier molecular flexibility index (Phi) is 4.10. The number of esters is 1. The van der Waals surface area contributed by atoms with Crippen LogP contribution in [0.15, 0.2) is 83.6 Å². The number of aromatic nitrogens is 1. The van der Waals surface area contributed by atoms with Crippen LogP contribution in [0, 0.1) is 0 Å². The van der Waals surface area contributed by atoms with Crippen LogP contribution >= 0.6 is 0 Å². The smallest absolute Gasteiger partial charge is 0.325 e. The first kappa shape index (κ1) is 17.0. The zero-order valence-electron chi connectivity index (χ0n) is 15.2. The third-order valence-electron chi connectivity index (χ3n) is 5.44. The van der Waals surface area contributed by atoms with E-state index in [9.17, 15) is 4.79 Å². The predicted octanol–water partition coefficient (Wildman–Crippen LogP) is 3.91. The molecule has 6 rings (SSSR count). The van der Waals surface area contributed by atoms with Crippen molar-refractivity contribution in [1.82, 2.24) is 4.98 Å².